The van der Waals surface area contributed by atoms with Gasteiger partial charge in [0.25, 0.3) is 0 Å². The molecule has 0 bridgehead atoms. The minimum Gasteiger partial charge on any atom is -0.501 e. The maximum absolute atomic E-state index is 12.5. The normalized spacial score (nSPS) is 33.7. The molecule has 0 aromatic rings. The summed E-state index contributed by atoms with van der Waals surface area (Å²) < 4.78 is 23.0. The van der Waals surface area contributed by atoms with Crippen LogP contribution in [0.2, 0.25) is 0 Å². The van der Waals surface area contributed by atoms with Crippen molar-refractivity contribution in [1.82, 2.24) is 0 Å². The summed E-state index contributed by atoms with van der Waals surface area (Å²) in [5.41, 5.74) is 0.502. The first-order valence-corrected chi connectivity index (χ1v) is 8.30. The first kappa shape index (κ1) is 15.8. The molecule has 1 heterocycles. The van der Waals surface area contributed by atoms with E-state index in [2.05, 4.69) is 6.92 Å². The van der Waals surface area contributed by atoms with Crippen LogP contribution in [-0.2, 0) is 23.7 Å². The molecular formula is C17H26O5. The summed E-state index contributed by atoms with van der Waals surface area (Å²) in [6.45, 7) is 5.68. The number of ether oxygens (including phenoxy) is 4. The molecule has 0 aromatic carbocycles. The number of methoxy groups -OCH3 is 1. The zero-order valence-electron chi connectivity index (χ0n) is 13.8. The van der Waals surface area contributed by atoms with E-state index in [0.29, 0.717) is 25.4 Å². The van der Waals surface area contributed by atoms with E-state index in [1.54, 1.807) is 7.11 Å². The van der Waals surface area contributed by atoms with Gasteiger partial charge in [0.05, 0.1) is 32.5 Å². The summed E-state index contributed by atoms with van der Waals surface area (Å²) in [6.07, 6.45) is 4.47. The number of hydrogen-bond donors (Lipinski definition) is 0. The van der Waals surface area contributed by atoms with Crippen molar-refractivity contribution in [3.8, 4) is 0 Å². The van der Waals surface area contributed by atoms with Crippen LogP contribution >= 0.6 is 0 Å². The molecule has 124 valence electrons. The Bertz CT molecular complexity index is 477. The Morgan fingerprint density at radius 2 is 2.05 bits per heavy atom. The minimum absolute atomic E-state index is 0.0714. The molecule has 22 heavy (non-hydrogen) atoms. The second-order valence-electron chi connectivity index (χ2n) is 6.57. The van der Waals surface area contributed by atoms with E-state index >= 15 is 0 Å². The fourth-order valence-corrected chi connectivity index (χ4v) is 4.54. The predicted octanol–water partition coefficient (Wildman–Crippen LogP) is 2.79. The van der Waals surface area contributed by atoms with E-state index in [4.69, 9.17) is 18.9 Å². The van der Waals surface area contributed by atoms with Gasteiger partial charge in [-0.05, 0) is 26.2 Å². The first-order valence-electron chi connectivity index (χ1n) is 8.30. The van der Waals surface area contributed by atoms with E-state index in [0.717, 1.165) is 37.9 Å². The van der Waals surface area contributed by atoms with Gasteiger partial charge >= 0.3 is 5.97 Å². The molecule has 3 aliphatic rings. The van der Waals surface area contributed by atoms with Gasteiger partial charge < -0.3 is 18.9 Å². The highest BCUT2D eigenvalue weighted by molar-refractivity contribution is 5.90. The van der Waals surface area contributed by atoms with E-state index < -0.39 is 5.79 Å². The molecule has 2 aliphatic carbocycles. The summed E-state index contributed by atoms with van der Waals surface area (Å²) in [6, 6.07) is 0. The van der Waals surface area contributed by atoms with Gasteiger partial charge in [0.1, 0.15) is 5.76 Å². The number of carbonyl (C=O) groups excluding carboxylic acids is 1. The van der Waals surface area contributed by atoms with Crippen molar-refractivity contribution < 1.29 is 23.7 Å². The van der Waals surface area contributed by atoms with Gasteiger partial charge in [-0.25, -0.2) is 4.79 Å². The van der Waals surface area contributed by atoms with Crippen LogP contribution in [0.4, 0.5) is 0 Å². The summed E-state index contributed by atoms with van der Waals surface area (Å²) in [5, 5.41) is 0. The molecule has 0 unspecified atom stereocenters. The average Bonchev–Trinajstić information content (AvgIpc) is 2.98. The standard InChI is InChI=1S/C17H26O5/c1-4-20-15(18)14-12-6-5-8-17(21-10-11-22-17)16(12,2)9-7-13(14)19-3/h12H,4-11H2,1-3H3/t12-,16+/m1/s1. The zero-order valence-corrected chi connectivity index (χ0v) is 13.8. The Labute approximate surface area is 131 Å². The Morgan fingerprint density at radius 3 is 2.68 bits per heavy atom. The number of esters is 1. The minimum atomic E-state index is -0.549. The van der Waals surface area contributed by atoms with E-state index in [9.17, 15) is 4.79 Å². The van der Waals surface area contributed by atoms with Crippen LogP contribution in [0.3, 0.4) is 0 Å². The molecule has 0 radical (unpaired) electrons. The molecule has 0 amide bonds. The van der Waals surface area contributed by atoms with Crippen LogP contribution in [0, 0.1) is 11.3 Å². The second kappa shape index (κ2) is 5.85. The average molecular weight is 310 g/mol. The van der Waals surface area contributed by atoms with Gasteiger partial charge in [0.2, 0.25) is 0 Å². The monoisotopic (exact) mass is 310 g/mol. The maximum Gasteiger partial charge on any atom is 0.337 e. The highest BCUT2D eigenvalue weighted by Crippen LogP contribution is 2.59. The molecule has 1 aliphatic heterocycles. The van der Waals surface area contributed by atoms with Crippen LogP contribution in [0.15, 0.2) is 11.3 Å². The topological polar surface area (TPSA) is 54.0 Å². The molecular weight excluding hydrogens is 284 g/mol. The van der Waals surface area contributed by atoms with Crippen LogP contribution in [0.25, 0.3) is 0 Å². The molecule has 0 aromatic heterocycles. The Balaban J connectivity index is 2.01. The largest absolute Gasteiger partial charge is 0.501 e. The van der Waals surface area contributed by atoms with Gasteiger partial charge in [-0.2, -0.15) is 0 Å². The molecule has 0 N–H and O–H groups in total. The lowest BCUT2D eigenvalue weighted by Crippen LogP contribution is -2.57. The van der Waals surface area contributed by atoms with E-state index in [-0.39, 0.29) is 17.3 Å². The van der Waals surface area contributed by atoms with Crippen molar-refractivity contribution >= 4 is 5.97 Å². The molecule has 5 nitrogen and oxygen atoms in total. The van der Waals surface area contributed by atoms with Crippen molar-refractivity contribution in [2.45, 2.75) is 51.7 Å². The van der Waals surface area contributed by atoms with Gasteiger partial charge in [-0.3, -0.25) is 0 Å². The smallest absolute Gasteiger partial charge is 0.337 e. The lowest BCUT2D eigenvalue weighted by atomic mass is 9.56. The fraction of sp³-hybridized carbons (Fsp3) is 0.824. The molecule has 1 saturated carbocycles. The van der Waals surface area contributed by atoms with Gasteiger partial charge in [-0.1, -0.05) is 6.92 Å². The number of fused-ring (bicyclic) bond motifs is 2. The van der Waals surface area contributed by atoms with Gasteiger partial charge in [0, 0.05) is 24.2 Å². The summed E-state index contributed by atoms with van der Waals surface area (Å²) >= 11 is 0. The third kappa shape index (κ3) is 2.17. The summed E-state index contributed by atoms with van der Waals surface area (Å²) in [4.78, 5) is 12.5. The van der Waals surface area contributed by atoms with Crippen molar-refractivity contribution in [1.29, 1.82) is 0 Å². The lowest BCUT2D eigenvalue weighted by molar-refractivity contribution is -0.268. The molecule has 3 rings (SSSR count). The van der Waals surface area contributed by atoms with E-state index in [1.807, 2.05) is 6.92 Å². The van der Waals surface area contributed by atoms with Crippen LogP contribution in [0.1, 0.15) is 46.0 Å². The molecule has 2 fully saturated rings. The molecule has 5 heteroatoms. The highest BCUT2D eigenvalue weighted by atomic mass is 16.7. The van der Waals surface area contributed by atoms with Crippen LogP contribution < -0.4 is 0 Å². The predicted molar refractivity (Wildman–Crippen MR) is 80.0 cm³/mol. The molecule has 1 saturated heterocycles. The summed E-state index contributed by atoms with van der Waals surface area (Å²) in [7, 11) is 1.64. The summed E-state index contributed by atoms with van der Waals surface area (Å²) in [5.74, 6) is 0.0517. The Morgan fingerprint density at radius 1 is 1.32 bits per heavy atom. The zero-order chi connectivity index (χ0) is 15.8. The van der Waals surface area contributed by atoms with Crippen molar-refractivity contribution in [3.63, 3.8) is 0 Å². The number of allylic oxidation sites excluding steroid dienone is 1. The molecule has 1 spiro atoms. The number of hydrogen-bond acceptors (Lipinski definition) is 5. The first-order chi connectivity index (χ1) is 10.6. The second-order valence-corrected chi connectivity index (χ2v) is 6.57. The number of rotatable bonds is 3. The van der Waals surface area contributed by atoms with Crippen molar-refractivity contribution in [2.24, 2.45) is 11.3 Å². The molecule has 2 atom stereocenters. The van der Waals surface area contributed by atoms with Crippen LogP contribution in [0.5, 0.6) is 0 Å². The van der Waals surface area contributed by atoms with Gasteiger partial charge in [0.15, 0.2) is 5.79 Å². The highest BCUT2D eigenvalue weighted by Gasteiger charge is 2.61. The SMILES string of the molecule is CCOC(=O)C1=C(OC)CC[C@@]2(C)[C@@H]1CCCC21OCCO1. The Hall–Kier alpha value is -1.07. The van der Waals surface area contributed by atoms with E-state index in [1.165, 1.54) is 0 Å². The van der Waals surface area contributed by atoms with Crippen molar-refractivity contribution in [2.75, 3.05) is 26.9 Å². The Kier molecular flexibility index (Phi) is 4.21. The fourth-order valence-electron chi connectivity index (χ4n) is 4.54. The van der Waals surface area contributed by atoms with Crippen LogP contribution in [-0.4, -0.2) is 38.7 Å². The third-order valence-electron chi connectivity index (χ3n) is 5.65. The lowest BCUT2D eigenvalue weighted by Gasteiger charge is -2.54. The van der Waals surface area contributed by atoms with Gasteiger partial charge in [-0.15, -0.1) is 0 Å². The maximum atomic E-state index is 12.5. The quantitative estimate of drug-likeness (QED) is 0.750. The third-order valence-corrected chi connectivity index (χ3v) is 5.65. The number of carbonyl (C=O) groups is 1. The van der Waals surface area contributed by atoms with Crippen molar-refractivity contribution in [3.05, 3.63) is 11.3 Å².